The van der Waals surface area contributed by atoms with E-state index in [0.717, 1.165) is 12.8 Å². The molecule has 1 amide bonds. The van der Waals surface area contributed by atoms with Crippen molar-refractivity contribution in [2.24, 2.45) is 0 Å². The topological polar surface area (TPSA) is 52.6 Å². The summed E-state index contributed by atoms with van der Waals surface area (Å²) in [5.41, 5.74) is -0.437. The number of carbonyl (C=O) groups excluding carboxylic acids is 1. The Labute approximate surface area is 86.3 Å². The number of amides is 1. The van der Waals surface area contributed by atoms with Crippen LogP contribution >= 0.6 is 0 Å². The fraction of sp³-hybridized carbons (Fsp3) is 0.900. The number of nitrogens with one attached hydrogen (secondary N) is 1. The van der Waals surface area contributed by atoms with Gasteiger partial charge in [-0.25, -0.2) is 0 Å². The fourth-order valence-electron chi connectivity index (χ4n) is 1.31. The Morgan fingerprint density at radius 1 is 1.36 bits per heavy atom. The smallest absolute Gasteiger partial charge is 0.234 e. The molecule has 0 aromatic carbocycles. The third-order valence-electron chi connectivity index (χ3n) is 2.52. The minimum atomic E-state index is -0.437. The summed E-state index contributed by atoms with van der Waals surface area (Å²) in [6.07, 6.45) is 1.50. The lowest BCUT2D eigenvalue weighted by Crippen LogP contribution is -2.52. The van der Waals surface area contributed by atoms with Crippen LogP contribution in [0.2, 0.25) is 0 Å². The molecule has 0 radical (unpaired) electrons. The first kappa shape index (κ1) is 13.4. The van der Waals surface area contributed by atoms with E-state index in [2.05, 4.69) is 5.32 Å². The van der Waals surface area contributed by atoms with Crippen molar-refractivity contribution in [3.8, 4) is 0 Å². The summed E-state index contributed by atoms with van der Waals surface area (Å²) in [6.45, 7) is 4.30. The van der Waals surface area contributed by atoms with Crippen LogP contribution in [-0.2, 0) is 4.79 Å². The first-order valence-corrected chi connectivity index (χ1v) is 5.06. The molecule has 0 aliphatic rings. The van der Waals surface area contributed by atoms with E-state index in [-0.39, 0.29) is 12.5 Å². The summed E-state index contributed by atoms with van der Waals surface area (Å²) in [5, 5.41) is 12.1. The van der Waals surface area contributed by atoms with Crippen molar-refractivity contribution < 1.29 is 9.90 Å². The van der Waals surface area contributed by atoms with Gasteiger partial charge in [0.2, 0.25) is 5.91 Å². The molecule has 0 saturated heterocycles. The maximum atomic E-state index is 11.5. The van der Waals surface area contributed by atoms with Gasteiger partial charge in [-0.05, 0) is 26.9 Å². The molecule has 0 aromatic rings. The van der Waals surface area contributed by atoms with E-state index in [1.807, 2.05) is 32.8 Å². The van der Waals surface area contributed by atoms with E-state index < -0.39 is 5.54 Å². The molecule has 4 nitrogen and oxygen atoms in total. The molecule has 0 rings (SSSR count). The quantitative estimate of drug-likeness (QED) is 0.647. The Kier molecular flexibility index (Phi) is 5.72. The lowest BCUT2D eigenvalue weighted by Gasteiger charge is -2.31. The largest absolute Gasteiger partial charge is 0.394 e. The molecular weight excluding hydrogens is 180 g/mol. The summed E-state index contributed by atoms with van der Waals surface area (Å²) < 4.78 is 0. The number of likely N-dealkylation sites (N-methyl/N-ethyl adjacent to an activating group) is 1. The highest BCUT2D eigenvalue weighted by Crippen LogP contribution is 2.13. The Balaban J connectivity index is 4.22. The van der Waals surface area contributed by atoms with Crippen molar-refractivity contribution in [1.29, 1.82) is 0 Å². The summed E-state index contributed by atoms with van der Waals surface area (Å²) in [6, 6.07) is 0. The highest BCUT2D eigenvalue weighted by atomic mass is 16.3. The van der Waals surface area contributed by atoms with Gasteiger partial charge in [-0.2, -0.15) is 0 Å². The molecule has 0 heterocycles. The molecule has 0 atom stereocenters. The summed E-state index contributed by atoms with van der Waals surface area (Å²) in [4.78, 5) is 13.3. The molecule has 0 aliphatic heterocycles. The number of hydrogen-bond donors (Lipinski definition) is 2. The normalized spacial score (nSPS) is 11.9. The van der Waals surface area contributed by atoms with Crippen molar-refractivity contribution in [2.75, 3.05) is 27.2 Å². The lowest BCUT2D eigenvalue weighted by molar-refractivity contribution is -0.124. The monoisotopic (exact) mass is 202 g/mol. The van der Waals surface area contributed by atoms with Gasteiger partial charge in [-0.1, -0.05) is 13.8 Å². The molecule has 2 N–H and O–H groups in total. The van der Waals surface area contributed by atoms with Crippen LogP contribution < -0.4 is 5.32 Å². The van der Waals surface area contributed by atoms with Crippen LogP contribution in [0.25, 0.3) is 0 Å². The molecule has 0 bridgehead atoms. The standard InChI is InChI=1S/C10H22N2O2/c1-5-10(6-2,8-13)11-9(14)7-12(3)4/h13H,5-8H2,1-4H3,(H,11,14). The van der Waals surface area contributed by atoms with E-state index in [4.69, 9.17) is 0 Å². The highest BCUT2D eigenvalue weighted by molar-refractivity contribution is 5.78. The molecule has 0 aliphatic carbocycles. The van der Waals surface area contributed by atoms with Gasteiger partial charge in [0.1, 0.15) is 0 Å². The van der Waals surface area contributed by atoms with E-state index in [0.29, 0.717) is 6.54 Å². The lowest BCUT2D eigenvalue weighted by atomic mass is 9.94. The third-order valence-corrected chi connectivity index (χ3v) is 2.52. The maximum Gasteiger partial charge on any atom is 0.234 e. The van der Waals surface area contributed by atoms with Gasteiger partial charge in [-0.3, -0.25) is 4.79 Å². The number of aliphatic hydroxyl groups is 1. The summed E-state index contributed by atoms with van der Waals surface area (Å²) in [5.74, 6) is -0.0345. The second-order valence-electron chi connectivity index (χ2n) is 3.93. The molecule has 0 aromatic heterocycles. The van der Waals surface area contributed by atoms with Gasteiger partial charge in [0.25, 0.3) is 0 Å². The molecule has 4 heteroatoms. The Bertz CT molecular complexity index is 169. The third kappa shape index (κ3) is 4.07. The van der Waals surface area contributed by atoms with Crippen molar-refractivity contribution in [3.63, 3.8) is 0 Å². The molecule has 0 spiro atoms. The second kappa shape index (κ2) is 5.98. The molecule has 14 heavy (non-hydrogen) atoms. The number of nitrogens with zero attached hydrogens (tertiary/aromatic N) is 1. The minimum Gasteiger partial charge on any atom is -0.394 e. The molecule has 0 saturated carbocycles. The van der Waals surface area contributed by atoms with Crippen LogP contribution in [0.5, 0.6) is 0 Å². The second-order valence-corrected chi connectivity index (χ2v) is 3.93. The molecule has 0 unspecified atom stereocenters. The van der Waals surface area contributed by atoms with Crippen LogP contribution in [0.1, 0.15) is 26.7 Å². The van der Waals surface area contributed by atoms with Crippen LogP contribution in [0.15, 0.2) is 0 Å². The van der Waals surface area contributed by atoms with Crippen LogP contribution in [0.3, 0.4) is 0 Å². The van der Waals surface area contributed by atoms with Crippen LogP contribution in [0, 0.1) is 0 Å². The number of aliphatic hydroxyl groups excluding tert-OH is 1. The number of hydrogen-bond acceptors (Lipinski definition) is 3. The van der Waals surface area contributed by atoms with Gasteiger partial charge in [0, 0.05) is 0 Å². The summed E-state index contributed by atoms with van der Waals surface area (Å²) >= 11 is 0. The van der Waals surface area contributed by atoms with Gasteiger partial charge < -0.3 is 15.3 Å². The predicted octanol–water partition coefficient (Wildman–Crippen LogP) is 0.215. The first-order chi connectivity index (χ1) is 6.49. The average Bonchev–Trinajstić information content (AvgIpc) is 2.13. The van der Waals surface area contributed by atoms with Gasteiger partial charge in [0.05, 0.1) is 18.7 Å². The zero-order valence-electron chi connectivity index (χ0n) is 9.63. The minimum absolute atomic E-state index is 0.000825. The van der Waals surface area contributed by atoms with Crippen molar-refractivity contribution in [3.05, 3.63) is 0 Å². The summed E-state index contributed by atoms with van der Waals surface area (Å²) in [7, 11) is 3.69. The van der Waals surface area contributed by atoms with Crippen LogP contribution in [-0.4, -0.2) is 48.7 Å². The van der Waals surface area contributed by atoms with Crippen molar-refractivity contribution >= 4 is 5.91 Å². The highest BCUT2D eigenvalue weighted by Gasteiger charge is 2.26. The Hall–Kier alpha value is -0.610. The van der Waals surface area contributed by atoms with E-state index in [1.54, 1.807) is 0 Å². The van der Waals surface area contributed by atoms with Gasteiger partial charge in [0.15, 0.2) is 0 Å². The van der Waals surface area contributed by atoms with E-state index in [1.165, 1.54) is 0 Å². The predicted molar refractivity (Wildman–Crippen MR) is 57.1 cm³/mol. The number of rotatable bonds is 6. The van der Waals surface area contributed by atoms with Crippen molar-refractivity contribution in [2.45, 2.75) is 32.2 Å². The van der Waals surface area contributed by atoms with Crippen LogP contribution in [0.4, 0.5) is 0 Å². The van der Waals surface area contributed by atoms with Crippen molar-refractivity contribution in [1.82, 2.24) is 10.2 Å². The molecule has 0 fully saturated rings. The zero-order valence-corrected chi connectivity index (χ0v) is 9.63. The Morgan fingerprint density at radius 2 is 1.86 bits per heavy atom. The fourth-order valence-corrected chi connectivity index (χ4v) is 1.31. The maximum absolute atomic E-state index is 11.5. The first-order valence-electron chi connectivity index (χ1n) is 5.06. The SMILES string of the molecule is CCC(CC)(CO)NC(=O)CN(C)C. The van der Waals surface area contributed by atoms with E-state index >= 15 is 0 Å². The zero-order chi connectivity index (χ0) is 11.2. The van der Waals surface area contributed by atoms with E-state index in [9.17, 15) is 9.90 Å². The molecular formula is C10H22N2O2. The van der Waals surface area contributed by atoms with Gasteiger partial charge in [-0.15, -0.1) is 0 Å². The number of carbonyl (C=O) groups is 1. The average molecular weight is 202 g/mol. The Morgan fingerprint density at radius 3 is 2.14 bits per heavy atom. The van der Waals surface area contributed by atoms with Gasteiger partial charge >= 0.3 is 0 Å². The molecule has 84 valence electrons.